The molecule has 0 unspecified atom stereocenters. The zero-order valence-electron chi connectivity index (χ0n) is 10.1. The van der Waals surface area contributed by atoms with Gasteiger partial charge in [-0.2, -0.15) is 4.99 Å². The molecule has 0 bridgehead atoms. The molecule has 2 heterocycles. The Morgan fingerprint density at radius 1 is 1.32 bits per heavy atom. The van der Waals surface area contributed by atoms with Gasteiger partial charge in [0.1, 0.15) is 5.69 Å². The first-order chi connectivity index (χ1) is 9.25. The molecule has 1 aromatic carbocycles. The van der Waals surface area contributed by atoms with Crippen molar-refractivity contribution in [3.8, 4) is 0 Å². The summed E-state index contributed by atoms with van der Waals surface area (Å²) in [5.41, 5.74) is 1.30. The summed E-state index contributed by atoms with van der Waals surface area (Å²) in [6, 6.07) is 7.93. The fourth-order valence-electron chi connectivity index (χ4n) is 1.74. The third kappa shape index (κ3) is 2.17. The summed E-state index contributed by atoms with van der Waals surface area (Å²) in [5, 5.41) is 0. The van der Waals surface area contributed by atoms with Crippen LogP contribution in [0.15, 0.2) is 47.8 Å². The van der Waals surface area contributed by atoms with E-state index in [1.165, 1.54) is 29.9 Å². The van der Waals surface area contributed by atoms with E-state index in [4.69, 9.17) is 0 Å². The second-order valence-electron chi connectivity index (χ2n) is 3.92. The Kier molecular flexibility index (Phi) is 2.92. The van der Waals surface area contributed by atoms with Crippen LogP contribution in [0.3, 0.4) is 0 Å². The summed E-state index contributed by atoms with van der Waals surface area (Å²) in [7, 11) is 1.89. The van der Waals surface area contributed by atoms with Crippen molar-refractivity contribution < 1.29 is 4.79 Å². The lowest BCUT2D eigenvalue weighted by Crippen LogP contribution is -2.13. The van der Waals surface area contributed by atoms with Crippen molar-refractivity contribution in [3.05, 3.63) is 53.4 Å². The Hall–Kier alpha value is -2.34. The number of nitrogens with zero attached hydrogens (tertiary/aromatic N) is 4. The van der Waals surface area contributed by atoms with Gasteiger partial charge < -0.3 is 4.57 Å². The summed E-state index contributed by atoms with van der Waals surface area (Å²) in [6.07, 6.45) is 4.42. The molecule has 0 aliphatic rings. The Bertz CT molecular complexity index is 804. The third-order valence-corrected chi connectivity index (χ3v) is 3.81. The molecule has 0 saturated carbocycles. The Balaban J connectivity index is 2.12. The number of aromatic nitrogens is 3. The van der Waals surface area contributed by atoms with Gasteiger partial charge in [-0.15, -0.1) is 0 Å². The van der Waals surface area contributed by atoms with E-state index in [1.54, 1.807) is 0 Å². The maximum atomic E-state index is 12.0. The average molecular weight is 270 g/mol. The number of rotatable bonds is 1. The van der Waals surface area contributed by atoms with Crippen LogP contribution in [0.4, 0.5) is 0 Å². The van der Waals surface area contributed by atoms with Gasteiger partial charge in [0.2, 0.25) is 0 Å². The van der Waals surface area contributed by atoms with E-state index >= 15 is 0 Å². The molecular weight excluding hydrogens is 260 g/mol. The molecule has 19 heavy (non-hydrogen) atoms. The van der Waals surface area contributed by atoms with E-state index in [1.807, 2.05) is 35.9 Å². The van der Waals surface area contributed by atoms with Crippen molar-refractivity contribution in [2.75, 3.05) is 0 Å². The number of carbonyl (C=O) groups excluding carboxylic acids is 1. The first-order valence-electron chi connectivity index (χ1n) is 5.65. The minimum absolute atomic E-state index is 0.250. The van der Waals surface area contributed by atoms with Crippen molar-refractivity contribution in [3.63, 3.8) is 0 Å². The van der Waals surface area contributed by atoms with Gasteiger partial charge >= 0.3 is 0 Å². The van der Waals surface area contributed by atoms with Crippen LogP contribution in [0.1, 0.15) is 10.5 Å². The van der Waals surface area contributed by atoms with Crippen LogP contribution in [0, 0.1) is 0 Å². The highest BCUT2D eigenvalue weighted by atomic mass is 32.1. The number of amides is 1. The molecular formula is C13H10N4OS. The van der Waals surface area contributed by atoms with Crippen LogP contribution < -0.4 is 4.80 Å². The first kappa shape index (κ1) is 11.7. The molecule has 6 heteroatoms. The van der Waals surface area contributed by atoms with Crippen LogP contribution in [0.25, 0.3) is 10.2 Å². The topological polar surface area (TPSA) is 60.1 Å². The maximum absolute atomic E-state index is 12.0. The molecule has 0 fully saturated rings. The van der Waals surface area contributed by atoms with Crippen LogP contribution in [0.5, 0.6) is 0 Å². The smallest absolute Gasteiger partial charge is 0.299 e. The number of fused-ring (bicyclic) bond motifs is 1. The van der Waals surface area contributed by atoms with Crippen LogP contribution in [0.2, 0.25) is 0 Å². The fourth-order valence-corrected chi connectivity index (χ4v) is 2.76. The molecule has 0 N–H and O–H groups in total. The van der Waals surface area contributed by atoms with Crippen LogP contribution in [-0.2, 0) is 7.05 Å². The Morgan fingerprint density at radius 2 is 2.16 bits per heavy atom. The summed E-state index contributed by atoms with van der Waals surface area (Å²) in [6.45, 7) is 0. The molecule has 0 radical (unpaired) electrons. The van der Waals surface area contributed by atoms with Crippen molar-refractivity contribution in [1.29, 1.82) is 0 Å². The van der Waals surface area contributed by atoms with E-state index in [0.717, 1.165) is 10.2 Å². The minimum Gasteiger partial charge on any atom is -0.319 e. The monoisotopic (exact) mass is 270 g/mol. The number of para-hydroxylation sites is 1. The molecule has 3 rings (SSSR count). The highest BCUT2D eigenvalue weighted by molar-refractivity contribution is 7.16. The van der Waals surface area contributed by atoms with E-state index in [0.29, 0.717) is 4.80 Å². The summed E-state index contributed by atoms with van der Waals surface area (Å²) in [5.74, 6) is -0.379. The number of carbonyl (C=O) groups is 1. The molecule has 94 valence electrons. The van der Waals surface area contributed by atoms with Gasteiger partial charge in [0.25, 0.3) is 5.91 Å². The van der Waals surface area contributed by atoms with Gasteiger partial charge in [-0.3, -0.25) is 9.78 Å². The first-order valence-corrected chi connectivity index (χ1v) is 6.47. The zero-order valence-corrected chi connectivity index (χ0v) is 11.0. The molecule has 0 aliphatic carbocycles. The lowest BCUT2D eigenvalue weighted by Gasteiger charge is -1.94. The summed E-state index contributed by atoms with van der Waals surface area (Å²) < 4.78 is 2.99. The SMILES string of the molecule is Cn1c(=NC(=O)c2cnccn2)sc2ccccc21. The second-order valence-corrected chi connectivity index (χ2v) is 4.93. The van der Waals surface area contributed by atoms with Crippen molar-refractivity contribution in [1.82, 2.24) is 14.5 Å². The molecule has 3 aromatic rings. The van der Waals surface area contributed by atoms with Crippen LogP contribution in [-0.4, -0.2) is 20.4 Å². The highest BCUT2D eigenvalue weighted by Gasteiger charge is 2.07. The van der Waals surface area contributed by atoms with Crippen LogP contribution >= 0.6 is 11.3 Å². The second kappa shape index (κ2) is 4.74. The molecule has 5 nitrogen and oxygen atoms in total. The number of aryl methyl sites for hydroxylation is 1. The predicted molar refractivity (Wildman–Crippen MR) is 72.7 cm³/mol. The van der Waals surface area contributed by atoms with Gasteiger partial charge in [0.15, 0.2) is 4.80 Å². The number of benzene rings is 1. The Morgan fingerprint density at radius 3 is 2.89 bits per heavy atom. The maximum Gasteiger partial charge on any atom is 0.299 e. The quantitative estimate of drug-likeness (QED) is 0.677. The summed E-state index contributed by atoms with van der Waals surface area (Å²) in [4.78, 5) is 24.5. The van der Waals surface area contributed by atoms with Crippen molar-refractivity contribution in [2.45, 2.75) is 0 Å². The molecule has 0 aliphatic heterocycles. The Labute approximate surface area is 112 Å². The van der Waals surface area contributed by atoms with Gasteiger partial charge in [-0.05, 0) is 12.1 Å². The zero-order chi connectivity index (χ0) is 13.2. The summed E-state index contributed by atoms with van der Waals surface area (Å²) >= 11 is 1.47. The highest BCUT2D eigenvalue weighted by Crippen LogP contribution is 2.15. The number of thiazole rings is 1. The van der Waals surface area contributed by atoms with Gasteiger partial charge in [0.05, 0.1) is 16.4 Å². The lowest BCUT2D eigenvalue weighted by atomic mass is 10.3. The third-order valence-electron chi connectivity index (χ3n) is 2.69. The van der Waals surface area contributed by atoms with Gasteiger partial charge in [-0.1, -0.05) is 23.5 Å². The normalized spacial score (nSPS) is 11.9. The van der Waals surface area contributed by atoms with E-state index in [9.17, 15) is 4.79 Å². The van der Waals surface area contributed by atoms with Crippen molar-refractivity contribution in [2.24, 2.45) is 12.0 Å². The van der Waals surface area contributed by atoms with E-state index in [-0.39, 0.29) is 11.6 Å². The number of hydrogen-bond donors (Lipinski definition) is 0. The standard InChI is InChI=1S/C13H10N4OS/c1-17-10-4-2-3-5-11(10)19-13(17)16-12(18)9-8-14-6-7-15-9/h2-8H,1H3. The predicted octanol–water partition coefficient (Wildman–Crippen LogP) is 1.77. The van der Waals surface area contributed by atoms with Crippen molar-refractivity contribution >= 4 is 27.5 Å². The molecule has 1 amide bonds. The number of hydrogen-bond acceptors (Lipinski definition) is 4. The molecule has 0 spiro atoms. The van der Waals surface area contributed by atoms with Gasteiger partial charge in [0, 0.05) is 19.4 Å². The fraction of sp³-hybridized carbons (Fsp3) is 0.0769. The van der Waals surface area contributed by atoms with Gasteiger partial charge in [-0.25, -0.2) is 4.98 Å². The average Bonchev–Trinajstić information content (AvgIpc) is 2.77. The largest absolute Gasteiger partial charge is 0.319 e. The van der Waals surface area contributed by atoms with E-state index < -0.39 is 0 Å². The lowest BCUT2D eigenvalue weighted by molar-refractivity contribution is 0.0993. The van der Waals surface area contributed by atoms with E-state index in [2.05, 4.69) is 15.0 Å². The molecule has 0 saturated heterocycles. The minimum atomic E-state index is -0.379. The molecule has 2 aromatic heterocycles. The molecule has 0 atom stereocenters.